The molecule has 3 aliphatic rings. The van der Waals surface area contributed by atoms with Crippen LogP contribution < -0.4 is 0 Å². The van der Waals surface area contributed by atoms with Crippen molar-refractivity contribution in [2.45, 2.75) is 95.3 Å². The van der Waals surface area contributed by atoms with Gasteiger partial charge in [-0.2, -0.15) is 0 Å². The standard InChI is InChI=1S/C30H49N3O4S/c1-11-15-31(10)25(35)22-21-13-14-30(38-21)23(22)26(36)33(20(17-34)19(3)4)24(30)27(37)32(16-12-2)29(8,9)18-28(5,6)7/h11-12,19-24,34H,1-2,13-18H2,3-10H3/t20-,21+,22-,23-,24?,30?/m0/s1. The summed E-state index contributed by atoms with van der Waals surface area (Å²) < 4.78 is -0.687. The van der Waals surface area contributed by atoms with Gasteiger partial charge in [0.2, 0.25) is 17.7 Å². The number of hydrogen-bond donors (Lipinski definition) is 1. The summed E-state index contributed by atoms with van der Waals surface area (Å²) in [5.41, 5.74) is -0.505. The van der Waals surface area contributed by atoms with Gasteiger partial charge in [-0.3, -0.25) is 14.4 Å². The van der Waals surface area contributed by atoms with E-state index in [4.69, 9.17) is 0 Å². The molecular weight excluding hydrogens is 498 g/mol. The van der Waals surface area contributed by atoms with E-state index >= 15 is 0 Å². The molecule has 6 atom stereocenters. The van der Waals surface area contributed by atoms with E-state index in [-0.39, 0.29) is 40.9 Å². The highest BCUT2D eigenvalue weighted by Gasteiger charge is 2.75. The number of rotatable bonds is 11. The third kappa shape index (κ3) is 5.19. The molecule has 8 heteroatoms. The fourth-order valence-electron chi connectivity index (χ4n) is 7.47. The second kappa shape index (κ2) is 11.0. The van der Waals surface area contributed by atoms with E-state index in [1.54, 1.807) is 40.8 Å². The van der Waals surface area contributed by atoms with Crippen LogP contribution in [0.25, 0.3) is 0 Å². The molecule has 3 heterocycles. The molecule has 2 bridgehead atoms. The molecule has 0 aromatic carbocycles. The molecule has 2 unspecified atom stereocenters. The Balaban J connectivity index is 2.15. The molecule has 0 saturated carbocycles. The van der Waals surface area contributed by atoms with Crippen LogP contribution in [0.5, 0.6) is 0 Å². The molecule has 214 valence electrons. The SMILES string of the molecule is C=CCN(C)C(=O)[C@@H]1[C@H]2C(=O)N([C@@H](CO)C(C)C)C(C(=O)N(CC=C)C(C)(C)CC(C)(C)C)C23CC[C@H]1S3. The van der Waals surface area contributed by atoms with Crippen LogP contribution in [0.15, 0.2) is 25.3 Å². The first-order valence-electron chi connectivity index (χ1n) is 14.0. The Morgan fingerprint density at radius 1 is 1.16 bits per heavy atom. The lowest BCUT2D eigenvalue weighted by Crippen LogP contribution is -2.62. The maximum Gasteiger partial charge on any atom is 0.247 e. The molecule has 0 aromatic heterocycles. The molecule has 0 aliphatic carbocycles. The summed E-state index contributed by atoms with van der Waals surface area (Å²) in [7, 11) is 1.75. The van der Waals surface area contributed by atoms with Crippen molar-refractivity contribution in [3.05, 3.63) is 25.3 Å². The highest BCUT2D eigenvalue weighted by atomic mass is 32.2. The summed E-state index contributed by atoms with van der Waals surface area (Å²) in [6.45, 7) is 22.8. The molecule has 3 aliphatic heterocycles. The van der Waals surface area contributed by atoms with Crippen molar-refractivity contribution in [3.8, 4) is 0 Å². The van der Waals surface area contributed by atoms with E-state index in [9.17, 15) is 19.5 Å². The van der Waals surface area contributed by atoms with Gasteiger partial charge in [-0.1, -0.05) is 46.8 Å². The van der Waals surface area contributed by atoms with Gasteiger partial charge >= 0.3 is 0 Å². The number of carbonyl (C=O) groups is 3. The van der Waals surface area contributed by atoms with Gasteiger partial charge in [0.05, 0.1) is 29.2 Å². The largest absolute Gasteiger partial charge is 0.394 e. The Bertz CT molecular complexity index is 958. The van der Waals surface area contributed by atoms with Crippen molar-refractivity contribution in [2.75, 3.05) is 26.7 Å². The van der Waals surface area contributed by atoms with Crippen LogP contribution in [0, 0.1) is 23.2 Å². The summed E-state index contributed by atoms with van der Waals surface area (Å²) >= 11 is 1.67. The average Bonchev–Trinajstić information content (AvgIpc) is 3.43. The lowest BCUT2D eigenvalue weighted by atomic mass is 9.70. The predicted octanol–water partition coefficient (Wildman–Crippen LogP) is 3.97. The number of aliphatic hydroxyl groups is 1. The minimum Gasteiger partial charge on any atom is -0.394 e. The van der Waals surface area contributed by atoms with Crippen LogP contribution in [0.2, 0.25) is 0 Å². The number of amides is 3. The smallest absolute Gasteiger partial charge is 0.247 e. The Kier molecular flexibility index (Phi) is 8.89. The molecule has 3 amide bonds. The van der Waals surface area contributed by atoms with Gasteiger partial charge in [-0.25, -0.2) is 0 Å². The number of carbonyl (C=O) groups excluding carboxylic acids is 3. The minimum absolute atomic E-state index is 0.00299. The average molecular weight is 548 g/mol. The van der Waals surface area contributed by atoms with Crippen molar-refractivity contribution in [3.63, 3.8) is 0 Å². The second-order valence-corrected chi connectivity index (χ2v) is 15.2. The molecule has 1 N–H and O–H groups in total. The molecule has 3 saturated heterocycles. The van der Waals surface area contributed by atoms with E-state index in [0.29, 0.717) is 19.5 Å². The summed E-state index contributed by atoms with van der Waals surface area (Å²) in [5, 5.41) is 10.5. The van der Waals surface area contributed by atoms with Gasteiger partial charge in [-0.05, 0) is 44.4 Å². The van der Waals surface area contributed by atoms with Gasteiger partial charge in [0.25, 0.3) is 0 Å². The maximum absolute atomic E-state index is 14.8. The first-order chi connectivity index (χ1) is 17.6. The third-order valence-corrected chi connectivity index (χ3v) is 10.6. The van der Waals surface area contributed by atoms with E-state index in [2.05, 4.69) is 47.8 Å². The summed E-state index contributed by atoms with van der Waals surface area (Å²) in [6, 6.07) is -1.25. The Morgan fingerprint density at radius 3 is 2.26 bits per heavy atom. The molecule has 3 rings (SSSR count). The van der Waals surface area contributed by atoms with Crippen molar-refractivity contribution in [1.82, 2.24) is 14.7 Å². The quantitative estimate of drug-likeness (QED) is 0.396. The van der Waals surface area contributed by atoms with Gasteiger partial charge in [0.1, 0.15) is 6.04 Å². The van der Waals surface area contributed by atoms with E-state index in [1.807, 2.05) is 18.7 Å². The topological polar surface area (TPSA) is 81.2 Å². The summed E-state index contributed by atoms with van der Waals surface area (Å²) in [4.78, 5) is 48.0. The molecule has 7 nitrogen and oxygen atoms in total. The van der Waals surface area contributed by atoms with Gasteiger partial charge in [0.15, 0.2) is 0 Å². The Morgan fingerprint density at radius 2 is 1.76 bits per heavy atom. The number of fused-ring (bicyclic) bond motifs is 1. The lowest BCUT2D eigenvalue weighted by molar-refractivity contribution is -0.150. The first kappa shape index (κ1) is 30.7. The van der Waals surface area contributed by atoms with Crippen LogP contribution in [-0.2, 0) is 14.4 Å². The zero-order valence-corrected chi connectivity index (χ0v) is 25.5. The number of hydrogen-bond acceptors (Lipinski definition) is 5. The van der Waals surface area contributed by atoms with Crippen molar-refractivity contribution < 1.29 is 19.5 Å². The third-order valence-electron chi connectivity index (χ3n) is 8.62. The zero-order chi connectivity index (χ0) is 28.8. The normalized spacial score (nSPS) is 29.4. The van der Waals surface area contributed by atoms with Crippen LogP contribution >= 0.6 is 11.8 Å². The Hall–Kier alpha value is -1.80. The van der Waals surface area contributed by atoms with Crippen LogP contribution in [-0.4, -0.2) is 91.9 Å². The van der Waals surface area contributed by atoms with Crippen LogP contribution in [0.1, 0.15) is 67.7 Å². The summed E-state index contributed by atoms with van der Waals surface area (Å²) in [5.74, 6) is -1.43. The minimum atomic E-state index is -0.740. The van der Waals surface area contributed by atoms with Crippen molar-refractivity contribution in [2.24, 2.45) is 23.2 Å². The highest BCUT2D eigenvalue weighted by molar-refractivity contribution is 8.02. The molecule has 38 heavy (non-hydrogen) atoms. The lowest BCUT2D eigenvalue weighted by Gasteiger charge is -2.47. The van der Waals surface area contributed by atoms with Gasteiger partial charge in [-0.15, -0.1) is 24.9 Å². The van der Waals surface area contributed by atoms with Crippen molar-refractivity contribution in [1.29, 1.82) is 0 Å². The maximum atomic E-state index is 14.8. The highest BCUT2D eigenvalue weighted by Crippen LogP contribution is 2.67. The molecule has 1 spiro atoms. The van der Waals surface area contributed by atoms with Crippen LogP contribution in [0.4, 0.5) is 0 Å². The van der Waals surface area contributed by atoms with Crippen molar-refractivity contribution >= 4 is 29.5 Å². The molecule has 0 aromatic rings. The fourth-order valence-corrected chi connectivity index (χ4v) is 9.67. The first-order valence-corrected chi connectivity index (χ1v) is 14.8. The monoisotopic (exact) mass is 547 g/mol. The summed E-state index contributed by atoms with van der Waals surface area (Å²) in [6.07, 6.45) is 5.71. The van der Waals surface area contributed by atoms with E-state index in [0.717, 1.165) is 12.8 Å². The van der Waals surface area contributed by atoms with Gasteiger partial charge < -0.3 is 19.8 Å². The fraction of sp³-hybridized carbons (Fsp3) is 0.767. The Labute approximate surface area is 234 Å². The van der Waals surface area contributed by atoms with E-state index in [1.165, 1.54) is 0 Å². The molecular formula is C30H49N3O4S. The van der Waals surface area contributed by atoms with Crippen LogP contribution in [0.3, 0.4) is 0 Å². The molecule has 3 fully saturated rings. The number of aliphatic hydroxyl groups excluding tert-OH is 1. The number of thioether (sulfide) groups is 1. The van der Waals surface area contributed by atoms with Gasteiger partial charge in [0, 0.05) is 30.9 Å². The van der Waals surface area contributed by atoms with E-state index < -0.39 is 34.2 Å². The number of nitrogens with zero attached hydrogens (tertiary/aromatic N) is 3. The number of likely N-dealkylation sites (tertiary alicyclic amines) is 1. The predicted molar refractivity (Wildman–Crippen MR) is 155 cm³/mol. The second-order valence-electron chi connectivity index (χ2n) is 13.6. The zero-order valence-electron chi connectivity index (χ0n) is 24.7. The number of likely N-dealkylation sites (N-methyl/N-ethyl adjacent to an activating group) is 1. The molecule has 0 radical (unpaired) electrons.